The van der Waals surface area contributed by atoms with E-state index in [1.807, 2.05) is 0 Å². The normalized spacial score (nSPS) is 15.5. The number of para-hydroxylation sites is 2. The monoisotopic (exact) mass is 499 g/mol. The number of halogens is 1. The maximum atomic E-state index is 12.8. The van der Waals surface area contributed by atoms with Crippen molar-refractivity contribution in [2.24, 2.45) is 0 Å². The molecule has 1 unspecified atom stereocenters. The fourth-order valence-corrected chi connectivity index (χ4v) is 3.87. The minimum Gasteiger partial charge on any atom is -0.463 e. The Labute approximate surface area is 204 Å². The largest absolute Gasteiger partial charge is 0.463 e. The van der Waals surface area contributed by atoms with E-state index in [0.717, 1.165) is 0 Å². The van der Waals surface area contributed by atoms with Gasteiger partial charge in [0, 0.05) is 11.6 Å². The quantitative estimate of drug-likeness (QED) is 0.456. The molecule has 0 aliphatic carbocycles. The van der Waals surface area contributed by atoms with Crippen LogP contribution in [0, 0.1) is 0 Å². The third-order valence-corrected chi connectivity index (χ3v) is 5.60. The molecule has 1 atom stereocenters. The van der Waals surface area contributed by atoms with E-state index in [1.165, 1.54) is 4.57 Å². The average Bonchev–Trinajstić information content (AvgIpc) is 3.16. The molecule has 2 heterocycles. The fourth-order valence-electron chi connectivity index (χ4n) is 3.74. The molecule has 0 saturated carbocycles. The highest BCUT2D eigenvalue weighted by Gasteiger charge is 2.34. The van der Waals surface area contributed by atoms with Gasteiger partial charge in [-0.3, -0.25) is 9.36 Å². The number of esters is 2. The summed E-state index contributed by atoms with van der Waals surface area (Å²) in [6.45, 7) is 1.45. The Morgan fingerprint density at radius 1 is 1.09 bits per heavy atom. The summed E-state index contributed by atoms with van der Waals surface area (Å²) in [5.74, 6) is -1.88. The molecule has 182 valence electrons. The molecule has 0 saturated heterocycles. The third kappa shape index (κ3) is 5.38. The number of amides is 2. The number of carbonyl (C=O) groups is 3. The number of hydrogen-bond acceptors (Lipinski definition) is 7. The molecule has 2 aromatic carbocycles. The Bertz CT molecular complexity index is 1360. The second kappa shape index (κ2) is 10.5. The summed E-state index contributed by atoms with van der Waals surface area (Å²) >= 11 is 5.96. The van der Waals surface area contributed by atoms with Crippen LogP contribution in [0.15, 0.2) is 69.0 Å². The summed E-state index contributed by atoms with van der Waals surface area (Å²) in [5, 5.41) is 5.71. The van der Waals surface area contributed by atoms with E-state index in [-0.39, 0.29) is 37.4 Å². The highest BCUT2D eigenvalue weighted by atomic mass is 35.5. The van der Waals surface area contributed by atoms with Crippen molar-refractivity contribution in [1.82, 2.24) is 15.2 Å². The predicted octanol–water partition coefficient (Wildman–Crippen LogP) is 3.05. The van der Waals surface area contributed by atoms with Crippen LogP contribution in [0.25, 0.3) is 11.1 Å². The molecular formula is C24H22ClN3O7. The molecule has 1 aliphatic rings. The highest BCUT2D eigenvalue weighted by molar-refractivity contribution is 6.30. The smallest absolute Gasteiger partial charge is 0.419 e. The van der Waals surface area contributed by atoms with Crippen molar-refractivity contribution >= 4 is 40.7 Å². The van der Waals surface area contributed by atoms with Gasteiger partial charge in [0.1, 0.15) is 6.61 Å². The van der Waals surface area contributed by atoms with Gasteiger partial charge in [0.15, 0.2) is 5.58 Å². The van der Waals surface area contributed by atoms with Gasteiger partial charge in [-0.15, -0.1) is 0 Å². The molecular weight excluding hydrogens is 478 g/mol. The lowest BCUT2D eigenvalue weighted by atomic mass is 9.95. The van der Waals surface area contributed by atoms with Gasteiger partial charge in [-0.2, -0.15) is 0 Å². The third-order valence-electron chi connectivity index (χ3n) is 5.34. The van der Waals surface area contributed by atoms with Crippen molar-refractivity contribution in [3.63, 3.8) is 0 Å². The van der Waals surface area contributed by atoms with Crippen molar-refractivity contribution in [3.05, 3.63) is 80.9 Å². The standard InChI is InChI=1S/C24H22ClN3O7/c1-2-33-22(30)20-16(26-23(31)27-21(20)14-7-9-15(25)10-8-14)13-34-19(29)11-12-28-17-5-3-4-6-18(17)35-24(28)32/h3-10,21H,2,11-13H2,1H3,(H2,26,27,31). The van der Waals surface area contributed by atoms with E-state index in [2.05, 4.69) is 10.6 Å². The molecule has 11 heteroatoms. The molecule has 4 rings (SSSR count). The summed E-state index contributed by atoms with van der Waals surface area (Å²) in [6.07, 6.45) is -0.127. The van der Waals surface area contributed by atoms with Gasteiger partial charge in [-0.25, -0.2) is 14.4 Å². The van der Waals surface area contributed by atoms with Crippen LogP contribution >= 0.6 is 11.6 Å². The van der Waals surface area contributed by atoms with Gasteiger partial charge in [0.2, 0.25) is 0 Å². The van der Waals surface area contributed by atoms with Gasteiger partial charge in [0.05, 0.1) is 35.9 Å². The van der Waals surface area contributed by atoms with Gasteiger partial charge < -0.3 is 24.5 Å². The van der Waals surface area contributed by atoms with Crippen LogP contribution in [0.2, 0.25) is 5.02 Å². The average molecular weight is 500 g/mol. The molecule has 0 bridgehead atoms. The number of nitrogens with zero attached hydrogens (tertiary/aromatic N) is 1. The zero-order chi connectivity index (χ0) is 24.9. The summed E-state index contributed by atoms with van der Waals surface area (Å²) in [7, 11) is 0. The van der Waals surface area contributed by atoms with Crippen molar-refractivity contribution < 1.29 is 28.3 Å². The van der Waals surface area contributed by atoms with Crippen LogP contribution in [0.4, 0.5) is 4.79 Å². The van der Waals surface area contributed by atoms with Gasteiger partial charge >= 0.3 is 23.7 Å². The fraction of sp³-hybridized carbons (Fsp3) is 0.250. The maximum Gasteiger partial charge on any atom is 0.419 e. The van der Waals surface area contributed by atoms with E-state index in [1.54, 1.807) is 55.5 Å². The van der Waals surface area contributed by atoms with Crippen molar-refractivity contribution in [1.29, 1.82) is 0 Å². The molecule has 2 amide bonds. The van der Waals surface area contributed by atoms with Crippen LogP contribution in [0.3, 0.4) is 0 Å². The van der Waals surface area contributed by atoms with Crippen molar-refractivity contribution in [2.45, 2.75) is 25.9 Å². The second-order valence-corrected chi connectivity index (χ2v) is 8.03. The van der Waals surface area contributed by atoms with Gasteiger partial charge in [-0.05, 0) is 36.8 Å². The van der Waals surface area contributed by atoms with E-state index >= 15 is 0 Å². The number of urea groups is 1. The number of rotatable bonds is 8. The molecule has 2 N–H and O–H groups in total. The minimum absolute atomic E-state index is 0.0414. The first-order valence-electron chi connectivity index (χ1n) is 10.8. The van der Waals surface area contributed by atoms with Crippen LogP contribution in [0.5, 0.6) is 0 Å². The van der Waals surface area contributed by atoms with Gasteiger partial charge in [0.25, 0.3) is 0 Å². The van der Waals surface area contributed by atoms with Crippen molar-refractivity contribution in [3.8, 4) is 0 Å². The number of fused-ring (bicyclic) bond motifs is 1. The highest BCUT2D eigenvalue weighted by Crippen LogP contribution is 2.29. The summed E-state index contributed by atoms with van der Waals surface area (Å²) in [5.41, 5.74) is 1.79. The number of nitrogens with one attached hydrogen (secondary N) is 2. The molecule has 3 aromatic rings. The maximum absolute atomic E-state index is 12.8. The lowest BCUT2D eigenvalue weighted by Crippen LogP contribution is -2.47. The number of oxazole rings is 1. The molecule has 1 aromatic heterocycles. The van der Waals surface area contributed by atoms with E-state index in [9.17, 15) is 19.2 Å². The number of hydrogen-bond donors (Lipinski definition) is 2. The summed E-state index contributed by atoms with van der Waals surface area (Å²) in [6, 6.07) is 12.1. The topological polar surface area (TPSA) is 129 Å². The van der Waals surface area contributed by atoms with E-state index in [0.29, 0.717) is 21.7 Å². The van der Waals surface area contributed by atoms with E-state index < -0.39 is 29.8 Å². The molecule has 35 heavy (non-hydrogen) atoms. The number of ether oxygens (including phenoxy) is 2. The SMILES string of the molecule is CCOC(=O)C1=C(COC(=O)CCn2c(=O)oc3ccccc32)NC(=O)NC1c1ccc(Cl)cc1. The first-order chi connectivity index (χ1) is 16.9. The Balaban J connectivity index is 1.51. The first kappa shape index (κ1) is 24.1. The molecule has 0 spiro atoms. The Morgan fingerprint density at radius 2 is 1.83 bits per heavy atom. The predicted molar refractivity (Wildman–Crippen MR) is 126 cm³/mol. The first-order valence-corrected chi connectivity index (χ1v) is 11.2. The molecule has 0 radical (unpaired) electrons. The van der Waals surface area contributed by atoms with Gasteiger partial charge in [-0.1, -0.05) is 35.9 Å². The Kier molecular flexibility index (Phi) is 7.21. The molecule has 10 nitrogen and oxygen atoms in total. The van der Waals surface area contributed by atoms with Crippen molar-refractivity contribution in [2.75, 3.05) is 13.2 Å². The summed E-state index contributed by atoms with van der Waals surface area (Å²) in [4.78, 5) is 49.6. The number of benzene rings is 2. The minimum atomic E-state index is -0.829. The number of aryl methyl sites for hydroxylation is 1. The van der Waals surface area contributed by atoms with Crippen LogP contribution in [0.1, 0.15) is 24.9 Å². The molecule has 1 aliphatic heterocycles. The zero-order valence-corrected chi connectivity index (χ0v) is 19.5. The zero-order valence-electron chi connectivity index (χ0n) is 18.7. The lowest BCUT2D eigenvalue weighted by Gasteiger charge is -2.29. The Hall–Kier alpha value is -4.05. The summed E-state index contributed by atoms with van der Waals surface area (Å²) < 4.78 is 17.0. The number of carbonyl (C=O) groups excluding carboxylic acids is 3. The lowest BCUT2D eigenvalue weighted by molar-refractivity contribution is -0.144. The van der Waals surface area contributed by atoms with Crippen LogP contribution in [-0.4, -0.2) is 35.8 Å². The molecule has 0 fully saturated rings. The Morgan fingerprint density at radius 3 is 2.57 bits per heavy atom. The van der Waals surface area contributed by atoms with Crippen LogP contribution in [-0.2, 0) is 25.6 Å². The van der Waals surface area contributed by atoms with Crippen LogP contribution < -0.4 is 16.4 Å². The second-order valence-electron chi connectivity index (χ2n) is 7.59. The number of aromatic nitrogens is 1. The van der Waals surface area contributed by atoms with E-state index in [4.69, 9.17) is 25.5 Å².